The number of aryl methyl sites for hydroxylation is 2. The number of alkyl carbamates (subject to hydrolysis) is 1. The van der Waals surface area contributed by atoms with Crippen LogP contribution in [0.1, 0.15) is 95.0 Å². The first-order valence-electron chi connectivity index (χ1n) is 15.7. The molecule has 2 atom stereocenters. The predicted octanol–water partition coefficient (Wildman–Crippen LogP) is 5.96. The summed E-state index contributed by atoms with van der Waals surface area (Å²) in [6, 6.07) is 13.2. The lowest BCUT2D eigenvalue weighted by Gasteiger charge is -2.35. The molecule has 2 rings (SSSR count). The van der Waals surface area contributed by atoms with Gasteiger partial charge in [0.1, 0.15) is 17.7 Å². The Bertz CT molecular complexity index is 1220. The van der Waals surface area contributed by atoms with Crippen LogP contribution in [0.4, 0.5) is 4.79 Å². The summed E-state index contributed by atoms with van der Waals surface area (Å²) < 4.78 is 10.5. The average Bonchev–Trinajstić information content (AvgIpc) is 2.94. The summed E-state index contributed by atoms with van der Waals surface area (Å²) in [5, 5.41) is 5.66. The fourth-order valence-electron chi connectivity index (χ4n) is 4.98. The maximum atomic E-state index is 14.6. The van der Waals surface area contributed by atoms with Crippen molar-refractivity contribution in [3.05, 3.63) is 70.8 Å². The minimum atomic E-state index is -0.987. The van der Waals surface area contributed by atoms with Crippen molar-refractivity contribution in [2.24, 2.45) is 0 Å². The number of nitrogens with one attached hydrogen (secondary N) is 2. The highest BCUT2D eigenvalue weighted by Gasteiger charge is 2.37. The molecule has 9 heteroatoms. The van der Waals surface area contributed by atoms with E-state index in [4.69, 9.17) is 9.47 Å². The van der Waals surface area contributed by atoms with E-state index in [1.54, 1.807) is 32.6 Å². The van der Waals surface area contributed by atoms with E-state index >= 15 is 0 Å². The van der Waals surface area contributed by atoms with Crippen molar-refractivity contribution in [1.29, 1.82) is 0 Å². The lowest BCUT2D eigenvalue weighted by Crippen LogP contribution is -2.54. The van der Waals surface area contributed by atoms with Crippen molar-refractivity contribution < 1.29 is 28.7 Å². The van der Waals surface area contributed by atoms with Crippen molar-refractivity contribution >= 4 is 23.9 Å². The molecule has 3 amide bonds. The van der Waals surface area contributed by atoms with Crippen molar-refractivity contribution in [3.63, 3.8) is 0 Å². The van der Waals surface area contributed by atoms with E-state index < -0.39 is 35.7 Å². The highest BCUT2D eigenvalue weighted by molar-refractivity contribution is 5.92. The number of hydrogen-bond donors (Lipinski definition) is 2. The number of esters is 1. The fraction of sp³-hybridized carbons (Fsp3) is 0.543. The second kappa shape index (κ2) is 18.0. The molecule has 2 N–H and O–H groups in total. The van der Waals surface area contributed by atoms with Gasteiger partial charge in [0.05, 0.1) is 13.0 Å². The molecular weight excluding hydrogens is 558 g/mol. The largest absolute Gasteiger partial charge is 0.466 e. The Hall–Kier alpha value is -3.88. The number of benzene rings is 2. The molecule has 242 valence electrons. The van der Waals surface area contributed by atoms with Gasteiger partial charge in [-0.3, -0.25) is 14.4 Å². The van der Waals surface area contributed by atoms with Crippen molar-refractivity contribution in [2.45, 2.75) is 105 Å². The normalized spacial score (nSPS) is 12.5. The van der Waals surface area contributed by atoms with E-state index in [9.17, 15) is 19.2 Å². The maximum absolute atomic E-state index is 14.6. The third-order valence-corrected chi connectivity index (χ3v) is 7.02. The van der Waals surface area contributed by atoms with Crippen molar-refractivity contribution in [2.75, 3.05) is 19.7 Å². The number of nitrogens with zero attached hydrogens (tertiary/aromatic N) is 1. The summed E-state index contributed by atoms with van der Waals surface area (Å²) in [6.07, 6.45) is 3.09. The number of carbonyl (C=O) groups is 4. The Morgan fingerprint density at radius 3 is 2.25 bits per heavy atom. The molecular formula is C35H51N3O6. The number of hydrogen-bond acceptors (Lipinski definition) is 6. The van der Waals surface area contributed by atoms with Crippen LogP contribution in [0.15, 0.2) is 48.5 Å². The summed E-state index contributed by atoms with van der Waals surface area (Å²) >= 11 is 0. The molecule has 0 saturated carbocycles. The minimum absolute atomic E-state index is 0.0143. The Labute approximate surface area is 263 Å². The second-order valence-electron chi connectivity index (χ2n) is 12.1. The lowest BCUT2D eigenvalue weighted by molar-refractivity contribution is -0.144. The highest BCUT2D eigenvalue weighted by Crippen LogP contribution is 2.28. The first-order chi connectivity index (χ1) is 20.9. The lowest BCUT2D eigenvalue weighted by atomic mass is 9.95. The third-order valence-electron chi connectivity index (χ3n) is 7.02. The first kappa shape index (κ1) is 36.3. The molecule has 2 unspecified atom stereocenters. The molecule has 44 heavy (non-hydrogen) atoms. The number of ether oxygens (including phenoxy) is 2. The van der Waals surface area contributed by atoms with E-state index in [0.717, 1.165) is 36.0 Å². The Balaban J connectivity index is 2.55. The van der Waals surface area contributed by atoms with Gasteiger partial charge < -0.3 is 25.0 Å². The van der Waals surface area contributed by atoms with E-state index in [1.807, 2.05) is 62.4 Å². The van der Waals surface area contributed by atoms with Gasteiger partial charge in [-0.1, -0.05) is 80.3 Å². The topological polar surface area (TPSA) is 114 Å². The van der Waals surface area contributed by atoms with Crippen LogP contribution in [0.2, 0.25) is 0 Å². The molecule has 2 aromatic rings. The van der Waals surface area contributed by atoms with Gasteiger partial charge in [0.25, 0.3) is 0 Å². The molecule has 0 saturated heterocycles. The van der Waals surface area contributed by atoms with E-state index in [1.165, 1.54) is 0 Å². The van der Waals surface area contributed by atoms with Crippen LogP contribution in [-0.2, 0) is 30.3 Å². The summed E-state index contributed by atoms with van der Waals surface area (Å²) in [5.74, 6) is -1.20. The van der Waals surface area contributed by atoms with Crippen LogP contribution < -0.4 is 10.6 Å². The van der Waals surface area contributed by atoms with Gasteiger partial charge in [-0.15, -0.1) is 0 Å². The molecule has 2 aromatic carbocycles. The van der Waals surface area contributed by atoms with Crippen molar-refractivity contribution in [1.82, 2.24) is 15.5 Å². The molecule has 0 bridgehead atoms. The van der Waals surface area contributed by atoms with Gasteiger partial charge in [0.15, 0.2) is 0 Å². The summed E-state index contributed by atoms with van der Waals surface area (Å²) in [6.45, 7) is 13.6. The molecule has 0 aliphatic rings. The predicted molar refractivity (Wildman–Crippen MR) is 172 cm³/mol. The molecule has 0 aromatic heterocycles. The quantitative estimate of drug-likeness (QED) is 0.179. The Morgan fingerprint density at radius 2 is 1.64 bits per heavy atom. The third kappa shape index (κ3) is 12.4. The Kier molecular flexibility index (Phi) is 14.9. The molecule has 0 radical (unpaired) electrons. The zero-order valence-corrected chi connectivity index (χ0v) is 27.5. The highest BCUT2D eigenvalue weighted by atomic mass is 16.6. The van der Waals surface area contributed by atoms with Gasteiger partial charge in [-0.05, 0) is 64.7 Å². The monoisotopic (exact) mass is 609 g/mol. The maximum Gasteiger partial charge on any atom is 0.408 e. The van der Waals surface area contributed by atoms with Gasteiger partial charge >= 0.3 is 12.1 Å². The van der Waals surface area contributed by atoms with Crippen LogP contribution >= 0.6 is 0 Å². The van der Waals surface area contributed by atoms with E-state index in [2.05, 4.69) is 17.6 Å². The van der Waals surface area contributed by atoms with Crippen LogP contribution in [0.25, 0.3) is 0 Å². The van der Waals surface area contributed by atoms with E-state index in [0.29, 0.717) is 18.5 Å². The van der Waals surface area contributed by atoms with Gasteiger partial charge in [0, 0.05) is 19.5 Å². The van der Waals surface area contributed by atoms with Gasteiger partial charge in [-0.2, -0.15) is 0 Å². The van der Waals surface area contributed by atoms with E-state index in [-0.39, 0.29) is 31.9 Å². The summed E-state index contributed by atoms with van der Waals surface area (Å²) in [4.78, 5) is 55.1. The summed E-state index contributed by atoms with van der Waals surface area (Å²) in [7, 11) is 0. The van der Waals surface area contributed by atoms with Gasteiger partial charge in [-0.25, -0.2) is 4.79 Å². The SMILES string of the molecule is CCCCCCN(C(=O)C(Cc1ccccc1)NC(=O)OC(C)(C)C)C(C(=O)NCCC(=O)OCC)c1ccc(C)cc1C. The van der Waals surface area contributed by atoms with Crippen molar-refractivity contribution in [3.8, 4) is 0 Å². The van der Waals surface area contributed by atoms with Crippen LogP contribution in [0.5, 0.6) is 0 Å². The zero-order chi connectivity index (χ0) is 32.7. The minimum Gasteiger partial charge on any atom is -0.466 e. The fourth-order valence-corrected chi connectivity index (χ4v) is 4.98. The molecule has 9 nitrogen and oxygen atoms in total. The van der Waals surface area contributed by atoms with Crippen LogP contribution in [-0.4, -0.2) is 60.1 Å². The standard InChI is InChI=1S/C35H51N3O6/c1-8-10-11-15-22-38(33(41)29(24-27-16-13-12-14-17-27)37-34(42)44-35(5,6)7)31(28-19-18-25(3)23-26(28)4)32(40)36-21-20-30(39)43-9-2/h12-14,16-19,23,29,31H,8-11,15,20-22,24H2,1-7H3,(H,36,40)(H,37,42). The second-order valence-corrected chi connectivity index (χ2v) is 12.1. The zero-order valence-electron chi connectivity index (χ0n) is 27.5. The first-order valence-corrected chi connectivity index (χ1v) is 15.7. The smallest absolute Gasteiger partial charge is 0.408 e. The van der Waals surface area contributed by atoms with Gasteiger partial charge in [0.2, 0.25) is 11.8 Å². The van der Waals surface area contributed by atoms with Crippen LogP contribution in [0, 0.1) is 13.8 Å². The molecule has 0 heterocycles. The number of unbranched alkanes of at least 4 members (excludes halogenated alkanes) is 3. The average molecular weight is 610 g/mol. The molecule has 0 fully saturated rings. The number of rotatable bonds is 16. The number of carbonyl (C=O) groups excluding carboxylic acids is 4. The summed E-state index contributed by atoms with van der Waals surface area (Å²) in [5.41, 5.74) is 2.67. The molecule has 0 aliphatic heterocycles. The van der Waals surface area contributed by atoms with Crippen LogP contribution in [0.3, 0.4) is 0 Å². The number of amides is 3. The molecule has 0 spiro atoms. The molecule has 0 aliphatic carbocycles. The Morgan fingerprint density at radius 1 is 0.932 bits per heavy atom.